The van der Waals surface area contributed by atoms with Gasteiger partial charge in [-0.25, -0.2) is 0 Å². The van der Waals surface area contributed by atoms with E-state index in [1.54, 1.807) is 19.2 Å². The molecule has 0 bridgehead atoms. The van der Waals surface area contributed by atoms with Crippen molar-refractivity contribution in [3.05, 3.63) is 28.8 Å². The van der Waals surface area contributed by atoms with Crippen LogP contribution in [0.3, 0.4) is 0 Å². The predicted molar refractivity (Wildman–Crippen MR) is 70.7 cm³/mol. The zero-order chi connectivity index (χ0) is 13.8. The minimum absolute atomic E-state index is 0.197. The summed E-state index contributed by atoms with van der Waals surface area (Å²) in [4.78, 5) is 13.1. The minimum atomic E-state index is -0.884. The van der Waals surface area contributed by atoms with Crippen molar-refractivity contribution < 1.29 is 19.4 Å². The highest BCUT2D eigenvalue weighted by Crippen LogP contribution is 2.28. The molecule has 1 fully saturated rings. The quantitative estimate of drug-likeness (QED) is 0.911. The molecule has 0 amide bonds. The molecular formula is C13H16ClNO4. The molecule has 19 heavy (non-hydrogen) atoms. The van der Waals surface area contributed by atoms with E-state index in [0.717, 1.165) is 5.56 Å². The topological polar surface area (TPSA) is 59.0 Å². The number of morpholine rings is 1. The molecule has 6 heteroatoms. The van der Waals surface area contributed by atoms with Crippen LogP contribution in [0.25, 0.3) is 0 Å². The first-order valence-corrected chi connectivity index (χ1v) is 6.37. The molecule has 1 atom stereocenters. The third kappa shape index (κ3) is 3.18. The van der Waals surface area contributed by atoms with Crippen molar-refractivity contribution in [3.8, 4) is 5.75 Å². The number of carbonyl (C=O) groups is 1. The Hall–Kier alpha value is -1.30. The van der Waals surface area contributed by atoms with E-state index in [-0.39, 0.29) is 6.61 Å². The first-order valence-electron chi connectivity index (χ1n) is 5.99. The Kier molecular flexibility index (Phi) is 4.63. The Labute approximate surface area is 116 Å². The number of carboxylic acids is 1. The summed E-state index contributed by atoms with van der Waals surface area (Å²) in [5.41, 5.74) is 0.805. The summed E-state index contributed by atoms with van der Waals surface area (Å²) in [7, 11) is 1.57. The number of carboxylic acid groups (broad SMARTS) is 1. The van der Waals surface area contributed by atoms with E-state index in [9.17, 15) is 9.90 Å². The summed E-state index contributed by atoms with van der Waals surface area (Å²) in [5.74, 6) is -0.214. The molecule has 1 aliphatic heterocycles. The van der Waals surface area contributed by atoms with E-state index in [2.05, 4.69) is 0 Å². The van der Waals surface area contributed by atoms with E-state index >= 15 is 0 Å². The van der Waals surface area contributed by atoms with Crippen molar-refractivity contribution in [2.24, 2.45) is 0 Å². The summed E-state index contributed by atoms with van der Waals surface area (Å²) in [6, 6.07) is 4.75. The van der Waals surface area contributed by atoms with Gasteiger partial charge in [0.15, 0.2) is 0 Å². The van der Waals surface area contributed by atoms with Crippen LogP contribution in [0.2, 0.25) is 5.02 Å². The summed E-state index contributed by atoms with van der Waals surface area (Å²) in [6.45, 7) is 1.72. The minimum Gasteiger partial charge on any atom is -0.496 e. The molecule has 104 valence electrons. The Morgan fingerprint density at radius 2 is 2.42 bits per heavy atom. The second-order valence-electron chi connectivity index (χ2n) is 4.32. The van der Waals surface area contributed by atoms with Gasteiger partial charge in [-0.2, -0.15) is 0 Å². The summed E-state index contributed by atoms with van der Waals surface area (Å²) in [5, 5.41) is 9.78. The second-order valence-corrected chi connectivity index (χ2v) is 4.73. The van der Waals surface area contributed by atoms with Crippen LogP contribution in [0, 0.1) is 0 Å². The predicted octanol–water partition coefficient (Wildman–Crippen LogP) is 1.63. The van der Waals surface area contributed by atoms with Crippen LogP contribution >= 0.6 is 11.6 Å². The molecule has 0 spiro atoms. The highest BCUT2D eigenvalue weighted by atomic mass is 35.5. The fourth-order valence-corrected chi connectivity index (χ4v) is 2.37. The van der Waals surface area contributed by atoms with E-state index in [4.69, 9.17) is 21.1 Å². The van der Waals surface area contributed by atoms with Gasteiger partial charge in [-0.1, -0.05) is 17.7 Å². The Balaban J connectivity index is 2.21. The van der Waals surface area contributed by atoms with Crippen molar-refractivity contribution in [2.75, 3.05) is 26.9 Å². The van der Waals surface area contributed by atoms with E-state index in [1.807, 2.05) is 11.0 Å². The number of rotatable bonds is 4. The lowest BCUT2D eigenvalue weighted by atomic mass is 10.1. The highest BCUT2D eigenvalue weighted by molar-refractivity contribution is 6.31. The molecule has 1 unspecified atom stereocenters. The van der Waals surface area contributed by atoms with E-state index in [1.165, 1.54) is 0 Å². The molecule has 0 aromatic heterocycles. The van der Waals surface area contributed by atoms with Crippen LogP contribution in [0.15, 0.2) is 18.2 Å². The van der Waals surface area contributed by atoms with Crippen molar-refractivity contribution in [1.82, 2.24) is 4.90 Å². The van der Waals surface area contributed by atoms with Crippen molar-refractivity contribution in [2.45, 2.75) is 12.6 Å². The van der Waals surface area contributed by atoms with Gasteiger partial charge in [0.1, 0.15) is 11.8 Å². The van der Waals surface area contributed by atoms with E-state index in [0.29, 0.717) is 30.5 Å². The molecule has 0 radical (unpaired) electrons. The van der Waals surface area contributed by atoms with Gasteiger partial charge in [0.2, 0.25) is 0 Å². The fourth-order valence-electron chi connectivity index (χ4n) is 2.14. The molecule has 0 aliphatic carbocycles. The standard InChI is InChI=1S/C13H16ClNO4/c1-18-12-4-2-3-10(14)9(12)7-15-5-6-19-8-11(15)13(16)17/h2-4,11H,5-8H2,1H3,(H,16,17). The summed E-state index contributed by atoms with van der Waals surface area (Å²) < 4.78 is 10.5. The lowest BCUT2D eigenvalue weighted by molar-refractivity contribution is -0.150. The second kappa shape index (κ2) is 6.23. The Morgan fingerprint density at radius 1 is 1.63 bits per heavy atom. The molecule has 5 nitrogen and oxygen atoms in total. The normalized spacial score (nSPS) is 20.2. The number of benzene rings is 1. The van der Waals surface area contributed by atoms with Crippen molar-refractivity contribution in [1.29, 1.82) is 0 Å². The largest absolute Gasteiger partial charge is 0.496 e. The molecule has 1 aromatic rings. The van der Waals surface area contributed by atoms with Crippen LogP contribution in [0.1, 0.15) is 5.56 Å². The molecule has 0 saturated carbocycles. The maximum absolute atomic E-state index is 11.2. The summed E-state index contributed by atoms with van der Waals surface area (Å²) >= 11 is 6.17. The van der Waals surface area contributed by atoms with Crippen LogP contribution in [0.5, 0.6) is 5.75 Å². The van der Waals surface area contributed by atoms with Gasteiger partial charge in [0.25, 0.3) is 0 Å². The van der Waals surface area contributed by atoms with Crippen molar-refractivity contribution in [3.63, 3.8) is 0 Å². The molecule has 2 rings (SSSR count). The third-order valence-corrected chi connectivity index (χ3v) is 3.54. The SMILES string of the molecule is COc1cccc(Cl)c1CN1CCOCC1C(=O)O. The monoisotopic (exact) mass is 285 g/mol. The van der Waals surface area contributed by atoms with Crippen LogP contribution in [0.4, 0.5) is 0 Å². The lowest BCUT2D eigenvalue weighted by Crippen LogP contribution is -2.49. The first-order chi connectivity index (χ1) is 9.13. The van der Waals surface area contributed by atoms with Gasteiger partial charge in [0, 0.05) is 23.7 Å². The average molecular weight is 286 g/mol. The van der Waals surface area contributed by atoms with Gasteiger partial charge in [-0.05, 0) is 12.1 Å². The maximum atomic E-state index is 11.2. The highest BCUT2D eigenvalue weighted by Gasteiger charge is 2.30. The molecule has 1 aromatic carbocycles. The Bertz CT molecular complexity index is 466. The number of aliphatic carboxylic acids is 1. The first kappa shape index (κ1) is 14.1. The number of hydrogen-bond acceptors (Lipinski definition) is 4. The zero-order valence-electron chi connectivity index (χ0n) is 10.6. The van der Waals surface area contributed by atoms with Gasteiger partial charge in [0.05, 0.1) is 20.3 Å². The lowest BCUT2D eigenvalue weighted by Gasteiger charge is -2.33. The van der Waals surface area contributed by atoms with Crippen LogP contribution in [-0.2, 0) is 16.1 Å². The molecule has 1 heterocycles. The zero-order valence-corrected chi connectivity index (χ0v) is 11.4. The molecular weight excluding hydrogens is 270 g/mol. The van der Waals surface area contributed by atoms with Crippen LogP contribution in [-0.4, -0.2) is 48.9 Å². The van der Waals surface area contributed by atoms with E-state index < -0.39 is 12.0 Å². The number of hydrogen-bond donors (Lipinski definition) is 1. The summed E-state index contributed by atoms with van der Waals surface area (Å²) in [6.07, 6.45) is 0. The maximum Gasteiger partial charge on any atom is 0.323 e. The number of methoxy groups -OCH3 is 1. The van der Waals surface area contributed by atoms with Gasteiger partial charge in [-0.15, -0.1) is 0 Å². The number of ether oxygens (including phenoxy) is 2. The van der Waals surface area contributed by atoms with Gasteiger partial charge in [-0.3, -0.25) is 9.69 Å². The number of halogens is 1. The van der Waals surface area contributed by atoms with Crippen LogP contribution < -0.4 is 4.74 Å². The molecule has 1 aliphatic rings. The van der Waals surface area contributed by atoms with Gasteiger partial charge < -0.3 is 14.6 Å². The van der Waals surface area contributed by atoms with Gasteiger partial charge >= 0.3 is 5.97 Å². The fraction of sp³-hybridized carbons (Fsp3) is 0.462. The number of nitrogens with zero attached hydrogens (tertiary/aromatic N) is 1. The third-order valence-electron chi connectivity index (χ3n) is 3.18. The smallest absolute Gasteiger partial charge is 0.323 e. The average Bonchev–Trinajstić information content (AvgIpc) is 2.41. The molecule has 1 saturated heterocycles. The molecule has 1 N–H and O–H groups in total. The Morgan fingerprint density at radius 3 is 3.11 bits per heavy atom. The van der Waals surface area contributed by atoms with Crippen molar-refractivity contribution >= 4 is 17.6 Å².